The van der Waals surface area contributed by atoms with Gasteiger partial charge in [-0.25, -0.2) is 0 Å². The minimum absolute atomic E-state index is 0.683. The van der Waals surface area contributed by atoms with Crippen molar-refractivity contribution in [1.82, 2.24) is 5.32 Å². The largest absolute Gasteiger partial charge is 0.380 e. The van der Waals surface area contributed by atoms with Crippen LogP contribution in [0.1, 0.15) is 46.0 Å². The molecule has 1 saturated carbocycles. The third kappa shape index (κ3) is 4.43. The lowest BCUT2D eigenvalue weighted by molar-refractivity contribution is 0.132. The Labute approximate surface area is 88.4 Å². The van der Waals surface area contributed by atoms with E-state index >= 15 is 0 Å². The molecule has 0 aromatic carbocycles. The second kappa shape index (κ2) is 7.24. The highest BCUT2D eigenvalue weighted by atomic mass is 16.5. The van der Waals surface area contributed by atoms with E-state index in [-0.39, 0.29) is 0 Å². The van der Waals surface area contributed by atoms with Crippen molar-refractivity contribution in [3.63, 3.8) is 0 Å². The molecule has 0 aromatic heterocycles. The summed E-state index contributed by atoms with van der Waals surface area (Å²) in [4.78, 5) is 0. The molecule has 1 atom stereocenters. The molecule has 0 spiro atoms. The second-order valence-corrected chi connectivity index (χ2v) is 4.40. The molecule has 1 N–H and O–H groups in total. The Bertz CT molecular complexity index is 132. The highest BCUT2D eigenvalue weighted by Crippen LogP contribution is 2.27. The Balaban J connectivity index is 1.94. The topological polar surface area (TPSA) is 21.3 Å². The molecule has 1 aliphatic carbocycles. The third-order valence-electron chi connectivity index (χ3n) is 3.17. The van der Waals surface area contributed by atoms with Gasteiger partial charge in [0, 0.05) is 19.2 Å². The van der Waals surface area contributed by atoms with E-state index in [0.29, 0.717) is 6.04 Å². The smallest absolute Gasteiger partial charge is 0.0590 e. The molecule has 2 heteroatoms. The molecule has 1 fully saturated rings. The summed E-state index contributed by atoms with van der Waals surface area (Å²) in [6.45, 7) is 7.24. The Morgan fingerprint density at radius 2 is 2.00 bits per heavy atom. The fourth-order valence-electron chi connectivity index (χ4n) is 2.23. The van der Waals surface area contributed by atoms with Crippen LogP contribution >= 0.6 is 0 Å². The first-order valence-electron chi connectivity index (χ1n) is 6.15. The first kappa shape index (κ1) is 12.0. The minimum atomic E-state index is 0.683. The predicted molar refractivity (Wildman–Crippen MR) is 60.5 cm³/mol. The van der Waals surface area contributed by atoms with Crippen molar-refractivity contribution in [3.05, 3.63) is 0 Å². The summed E-state index contributed by atoms with van der Waals surface area (Å²) in [5.74, 6) is 0.918. The maximum absolute atomic E-state index is 5.43. The average Bonchev–Trinajstić information content (AvgIpc) is 2.70. The lowest BCUT2D eigenvalue weighted by Crippen LogP contribution is -2.34. The number of nitrogens with one attached hydrogen (secondary N) is 1. The molecule has 84 valence electrons. The van der Waals surface area contributed by atoms with Crippen molar-refractivity contribution in [1.29, 1.82) is 0 Å². The SMILES string of the molecule is CCCOCCN[C@@H](C)C1CCCC1. The van der Waals surface area contributed by atoms with Crippen LogP contribution in [0.4, 0.5) is 0 Å². The van der Waals surface area contributed by atoms with E-state index in [1.807, 2.05) is 0 Å². The molecule has 0 bridgehead atoms. The van der Waals surface area contributed by atoms with Crippen LogP contribution in [0.15, 0.2) is 0 Å². The molecule has 0 aromatic rings. The average molecular weight is 199 g/mol. The monoisotopic (exact) mass is 199 g/mol. The minimum Gasteiger partial charge on any atom is -0.380 e. The van der Waals surface area contributed by atoms with Crippen LogP contribution in [-0.2, 0) is 4.74 Å². The van der Waals surface area contributed by atoms with Gasteiger partial charge in [0.25, 0.3) is 0 Å². The highest BCUT2D eigenvalue weighted by Gasteiger charge is 2.20. The quantitative estimate of drug-likeness (QED) is 0.636. The van der Waals surface area contributed by atoms with Crippen LogP contribution in [-0.4, -0.2) is 25.8 Å². The normalized spacial score (nSPS) is 20.1. The fourth-order valence-corrected chi connectivity index (χ4v) is 2.23. The maximum Gasteiger partial charge on any atom is 0.0590 e. The van der Waals surface area contributed by atoms with Gasteiger partial charge in [0.05, 0.1) is 6.61 Å². The zero-order valence-electron chi connectivity index (χ0n) is 9.72. The van der Waals surface area contributed by atoms with Crippen LogP contribution in [0, 0.1) is 5.92 Å². The third-order valence-corrected chi connectivity index (χ3v) is 3.17. The van der Waals surface area contributed by atoms with Crippen LogP contribution < -0.4 is 5.32 Å². The van der Waals surface area contributed by atoms with Crippen molar-refractivity contribution in [2.45, 2.75) is 52.0 Å². The predicted octanol–water partition coefficient (Wildman–Crippen LogP) is 2.58. The van der Waals surface area contributed by atoms with Gasteiger partial charge in [-0.2, -0.15) is 0 Å². The van der Waals surface area contributed by atoms with E-state index in [9.17, 15) is 0 Å². The molecule has 0 heterocycles. The van der Waals surface area contributed by atoms with E-state index in [1.54, 1.807) is 0 Å². The summed E-state index contributed by atoms with van der Waals surface area (Å²) in [5.41, 5.74) is 0. The lowest BCUT2D eigenvalue weighted by Gasteiger charge is -2.20. The van der Waals surface area contributed by atoms with Gasteiger partial charge < -0.3 is 10.1 Å². The van der Waals surface area contributed by atoms with Gasteiger partial charge >= 0.3 is 0 Å². The van der Waals surface area contributed by atoms with Crippen LogP contribution in [0.5, 0.6) is 0 Å². The van der Waals surface area contributed by atoms with Gasteiger partial charge in [0.1, 0.15) is 0 Å². The molecule has 0 unspecified atom stereocenters. The number of hydrogen-bond acceptors (Lipinski definition) is 2. The molecule has 1 rings (SSSR count). The lowest BCUT2D eigenvalue weighted by atomic mass is 10.00. The Hall–Kier alpha value is -0.0800. The van der Waals surface area contributed by atoms with Crippen LogP contribution in [0.25, 0.3) is 0 Å². The Morgan fingerprint density at radius 1 is 1.29 bits per heavy atom. The summed E-state index contributed by atoms with van der Waals surface area (Å²) in [6.07, 6.45) is 6.83. The van der Waals surface area contributed by atoms with Crippen molar-refractivity contribution in [2.24, 2.45) is 5.92 Å². The van der Waals surface area contributed by atoms with E-state index in [0.717, 1.165) is 32.1 Å². The van der Waals surface area contributed by atoms with E-state index in [1.165, 1.54) is 25.7 Å². The first-order chi connectivity index (χ1) is 6.84. The molecule has 14 heavy (non-hydrogen) atoms. The van der Waals surface area contributed by atoms with E-state index < -0.39 is 0 Å². The number of ether oxygens (including phenoxy) is 1. The highest BCUT2D eigenvalue weighted by molar-refractivity contribution is 4.76. The number of hydrogen-bond donors (Lipinski definition) is 1. The molecule has 0 saturated heterocycles. The van der Waals surface area contributed by atoms with Gasteiger partial charge in [-0.1, -0.05) is 19.8 Å². The van der Waals surface area contributed by atoms with Gasteiger partial charge in [0.15, 0.2) is 0 Å². The van der Waals surface area contributed by atoms with Gasteiger partial charge in [0.2, 0.25) is 0 Å². The molecule has 2 nitrogen and oxygen atoms in total. The molecule has 0 radical (unpaired) electrons. The summed E-state index contributed by atoms with van der Waals surface area (Å²) >= 11 is 0. The van der Waals surface area contributed by atoms with Gasteiger partial charge in [-0.05, 0) is 32.1 Å². The Kier molecular flexibility index (Phi) is 6.20. The van der Waals surface area contributed by atoms with Crippen LogP contribution in [0.2, 0.25) is 0 Å². The van der Waals surface area contributed by atoms with Crippen molar-refractivity contribution in [2.75, 3.05) is 19.8 Å². The Morgan fingerprint density at radius 3 is 2.64 bits per heavy atom. The summed E-state index contributed by atoms with van der Waals surface area (Å²) in [6, 6.07) is 0.683. The zero-order chi connectivity index (χ0) is 10.2. The standard InChI is InChI=1S/C12H25NO/c1-3-9-14-10-8-13-11(2)12-6-4-5-7-12/h11-13H,3-10H2,1-2H3/t11-/m0/s1. The molecule has 1 aliphatic rings. The summed E-state index contributed by atoms with van der Waals surface area (Å²) in [7, 11) is 0. The first-order valence-corrected chi connectivity index (χ1v) is 6.15. The molecular weight excluding hydrogens is 174 g/mol. The fraction of sp³-hybridized carbons (Fsp3) is 1.00. The van der Waals surface area contributed by atoms with Crippen molar-refractivity contribution < 1.29 is 4.74 Å². The molecule has 0 amide bonds. The van der Waals surface area contributed by atoms with E-state index in [2.05, 4.69) is 19.2 Å². The molecule has 0 aliphatic heterocycles. The van der Waals surface area contributed by atoms with Crippen molar-refractivity contribution in [3.8, 4) is 0 Å². The second-order valence-electron chi connectivity index (χ2n) is 4.40. The van der Waals surface area contributed by atoms with Gasteiger partial charge in [-0.3, -0.25) is 0 Å². The summed E-state index contributed by atoms with van der Waals surface area (Å²) < 4.78 is 5.43. The van der Waals surface area contributed by atoms with Crippen LogP contribution in [0.3, 0.4) is 0 Å². The molecular formula is C12H25NO. The van der Waals surface area contributed by atoms with Gasteiger partial charge in [-0.15, -0.1) is 0 Å². The van der Waals surface area contributed by atoms with Crippen molar-refractivity contribution >= 4 is 0 Å². The summed E-state index contributed by atoms with van der Waals surface area (Å²) in [5, 5.41) is 3.56. The zero-order valence-corrected chi connectivity index (χ0v) is 9.72. The van der Waals surface area contributed by atoms with E-state index in [4.69, 9.17) is 4.74 Å². The number of rotatable bonds is 7. The maximum atomic E-state index is 5.43.